The van der Waals surface area contributed by atoms with Gasteiger partial charge in [-0.3, -0.25) is 14.1 Å². The fourth-order valence-corrected chi connectivity index (χ4v) is 4.86. The van der Waals surface area contributed by atoms with Gasteiger partial charge in [-0.2, -0.15) is 0 Å². The van der Waals surface area contributed by atoms with Gasteiger partial charge in [0.2, 0.25) is 0 Å². The minimum atomic E-state index is -4.77. The van der Waals surface area contributed by atoms with E-state index in [0.717, 1.165) is 57.8 Å². The molecule has 0 rings (SSSR count). The predicted molar refractivity (Wildman–Crippen MR) is 185 cm³/mol. The first-order chi connectivity index (χ1) is 22.2. The molecule has 3 N–H and O–H groups in total. The van der Waals surface area contributed by atoms with Crippen LogP contribution in [-0.4, -0.2) is 52.3 Å². The van der Waals surface area contributed by atoms with E-state index in [4.69, 9.17) is 19.3 Å². The van der Waals surface area contributed by atoms with Crippen LogP contribution in [0.2, 0.25) is 0 Å². The Morgan fingerprint density at radius 1 is 0.652 bits per heavy atom. The van der Waals surface area contributed by atoms with Crippen LogP contribution in [0.15, 0.2) is 48.6 Å². The van der Waals surface area contributed by atoms with E-state index in [1.54, 1.807) is 0 Å². The molecule has 0 aliphatic carbocycles. The molecule has 0 amide bonds. The molecule has 46 heavy (non-hydrogen) atoms. The van der Waals surface area contributed by atoms with Gasteiger partial charge in [0.05, 0.1) is 12.7 Å². The zero-order valence-electron chi connectivity index (χ0n) is 28.6. The van der Waals surface area contributed by atoms with Crippen molar-refractivity contribution in [2.45, 2.75) is 154 Å². The molecule has 0 unspecified atom stereocenters. The molecule has 0 saturated heterocycles. The van der Waals surface area contributed by atoms with Crippen LogP contribution in [0.5, 0.6) is 0 Å². The van der Waals surface area contributed by atoms with Crippen LogP contribution in [0.3, 0.4) is 0 Å². The lowest BCUT2D eigenvalue weighted by Gasteiger charge is -2.18. The second-order valence-electron chi connectivity index (χ2n) is 11.7. The summed E-state index contributed by atoms with van der Waals surface area (Å²) in [5, 5.41) is 9.77. The monoisotopic (exact) mass is 670 g/mol. The Kier molecular flexibility index (Phi) is 30.2. The molecule has 9 nitrogen and oxygen atoms in total. The van der Waals surface area contributed by atoms with E-state index < -0.39 is 32.5 Å². The molecule has 0 radical (unpaired) electrons. The van der Waals surface area contributed by atoms with Crippen LogP contribution in [0.25, 0.3) is 0 Å². The molecule has 0 saturated carbocycles. The van der Waals surface area contributed by atoms with Gasteiger partial charge < -0.3 is 24.4 Å². The Morgan fingerprint density at radius 2 is 1.17 bits per heavy atom. The summed E-state index contributed by atoms with van der Waals surface area (Å²) in [4.78, 5) is 42.5. The standard InChI is InChI=1S/C36H63O9P/c1-3-5-7-8-9-10-16-19-22-25-29-35(38)43-31-34(32-44-46(40,41)42)45-36(39)30-26-23-20-17-14-12-11-13-15-18-21-24-28-33(37)27-6-4-2/h11-12,15,17-18,20,24,28,33-34,37H,3-10,13-14,16,19,21-23,25-27,29-32H2,1-2H3,(H2,40,41,42)/b12-11-,18-15-,20-17-,28-24-/t33-,34-/m1/s1. The van der Waals surface area contributed by atoms with Crippen molar-refractivity contribution in [2.24, 2.45) is 0 Å². The van der Waals surface area contributed by atoms with Crippen molar-refractivity contribution in [3.63, 3.8) is 0 Å². The topological polar surface area (TPSA) is 140 Å². The molecule has 0 aromatic carbocycles. The van der Waals surface area contributed by atoms with E-state index in [-0.39, 0.29) is 25.6 Å². The Bertz CT molecular complexity index is 907. The van der Waals surface area contributed by atoms with Crippen LogP contribution in [-0.2, 0) is 28.2 Å². The highest BCUT2D eigenvalue weighted by molar-refractivity contribution is 7.46. The highest BCUT2D eigenvalue weighted by Gasteiger charge is 2.22. The van der Waals surface area contributed by atoms with Crippen molar-refractivity contribution in [3.8, 4) is 0 Å². The number of rotatable bonds is 31. The van der Waals surface area contributed by atoms with Crippen molar-refractivity contribution in [2.75, 3.05) is 13.2 Å². The average Bonchev–Trinajstić information content (AvgIpc) is 3.01. The number of esters is 2. The normalized spacial score (nSPS) is 13.8. The van der Waals surface area contributed by atoms with Crippen molar-refractivity contribution < 1.29 is 43.0 Å². The maximum Gasteiger partial charge on any atom is 0.469 e. The number of unbranched alkanes of at least 4 members (excludes halogenated alkanes) is 11. The van der Waals surface area contributed by atoms with Gasteiger partial charge in [0, 0.05) is 12.8 Å². The number of hydrogen-bond acceptors (Lipinski definition) is 7. The summed E-state index contributed by atoms with van der Waals surface area (Å²) in [5.74, 6) is -0.978. The fourth-order valence-electron chi connectivity index (χ4n) is 4.50. The van der Waals surface area contributed by atoms with Crippen molar-refractivity contribution in [1.82, 2.24) is 0 Å². The Morgan fingerprint density at radius 3 is 1.76 bits per heavy atom. The predicted octanol–water partition coefficient (Wildman–Crippen LogP) is 8.98. The van der Waals surface area contributed by atoms with Crippen LogP contribution in [0.4, 0.5) is 0 Å². The molecular formula is C36H63O9P. The lowest BCUT2D eigenvalue weighted by atomic mass is 10.1. The lowest BCUT2D eigenvalue weighted by Crippen LogP contribution is -2.29. The van der Waals surface area contributed by atoms with E-state index in [9.17, 15) is 19.3 Å². The summed E-state index contributed by atoms with van der Waals surface area (Å²) in [7, 11) is -4.77. The number of allylic oxidation sites excluding steroid dienone is 7. The third-order valence-corrected chi connectivity index (χ3v) is 7.66. The van der Waals surface area contributed by atoms with Gasteiger partial charge in [-0.25, -0.2) is 4.57 Å². The number of hydrogen-bond donors (Lipinski definition) is 3. The number of carbonyl (C=O) groups excluding carboxylic acids is 2. The van der Waals surface area contributed by atoms with E-state index in [0.29, 0.717) is 19.3 Å². The van der Waals surface area contributed by atoms with E-state index in [2.05, 4.69) is 42.7 Å². The minimum Gasteiger partial charge on any atom is -0.462 e. The van der Waals surface area contributed by atoms with Gasteiger partial charge in [0.1, 0.15) is 6.61 Å². The van der Waals surface area contributed by atoms with Crippen molar-refractivity contribution >= 4 is 19.8 Å². The van der Waals surface area contributed by atoms with Crippen LogP contribution in [0, 0.1) is 0 Å². The highest BCUT2D eigenvalue weighted by Crippen LogP contribution is 2.35. The molecule has 0 fully saturated rings. The smallest absolute Gasteiger partial charge is 0.462 e. The summed E-state index contributed by atoms with van der Waals surface area (Å²) in [6, 6.07) is 0. The zero-order chi connectivity index (χ0) is 34.1. The first kappa shape index (κ1) is 44.0. The van der Waals surface area contributed by atoms with Crippen molar-refractivity contribution in [3.05, 3.63) is 48.6 Å². The van der Waals surface area contributed by atoms with Crippen molar-refractivity contribution in [1.29, 1.82) is 0 Å². The summed E-state index contributed by atoms with van der Waals surface area (Å²) >= 11 is 0. The number of phosphoric ester groups is 1. The SMILES string of the molecule is CCCCCCCCCCCCC(=O)OC[C@H](COP(=O)(O)O)OC(=O)CCC/C=C\C/C=C\C/C=C\C/C=C\[C@H](O)CCCC. The van der Waals surface area contributed by atoms with Gasteiger partial charge in [0.15, 0.2) is 6.10 Å². The lowest BCUT2D eigenvalue weighted by molar-refractivity contribution is -0.161. The molecule has 0 aliphatic rings. The zero-order valence-corrected chi connectivity index (χ0v) is 29.5. The van der Waals surface area contributed by atoms with Gasteiger partial charge in [-0.1, -0.05) is 133 Å². The summed E-state index contributed by atoms with van der Waals surface area (Å²) in [6.07, 6.45) is 33.2. The molecule has 10 heteroatoms. The Labute approximate surface area is 278 Å². The molecule has 0 aliphatic heterocycles. The van der Waals surface area contributed by atoms with Gasteiger partial charge >= 0.3 is 19.8 Å². The van der Waals surface area contributed by atoms with Crippen LogP contribution in [0.1, 0.15) is 142 Å². The number of aliphatic hydroxyl groups is 1. The first-order valence-electron chi connectivity index (χ1n) is 17.5. The van der Waals surface area contributed by atoms with Gasteiger partial charge in [0.25, 0.3) is 0 Å². The average molecular weight is 671 g/mol. The van der Waals surface area contributed by atoms with E-state index in [1.165, 1.54) is 38.5 Å². The molecule has 0 aromatic heterocycles. The maximum absolute atomic E-state index is 12.3. The Balaban J connectivity index is 4.15. The first-order valence-corrected chi connectivity index (χ1v) is 19.1. The fraction of sp³-hybridized carbons (Fsp3) is 0.722. The van der Waals surface area contributed by atoms with E-state index >= 15 is 0 Å². The molecule has 0 aromatic rings. The van der Waals surface area contributed by atoms with Gasteiger partial charge in [-0.05, 0) is 44.9 Å². The van der Waals surface area contributed by atoms with Gasteiger partial charge in [-0.15, -0.1) is 0 Å². The molecule has 0 bridgehead atoms. The molecule has 266 valence electrons. The summed E-state index contributed by atoms with van der Waals surface area (Å²) in [6.45, 7) is 3.44. The third kappa shape index (κ3) is 33.3. The quantitative estimate of drug-likeness (QED) is 0.0285. The largest absolute Gasteiger partial charge is 0.469 e. The minimum absolute atomic E-state index is 0.119. The molecule has 0 spiro atoms. The van der Waals surface area contributed by atoms with Crippen LogP contribution < -0.4 is 0 Å². The van der Waals surface area contributed by atoms with E-state index in [1.807, 2.05) is 24.3 Å². The third-order valence-electron chi connectivity index (χ3n) is 7.17. The highest BCUT2D eigenvalue weighted by atomic mass is 31.2. The summed E-state index contributed by atoms with van der Waals surface area (Å²) < 4.78 is 26.1. The second kappa shape index (κ2) is 31.6. The molecule has 0 heterocycles. The number of phosphoric acid groups is 1. The molecular weight excluding hydrogens is 607 g/mol. The number of aliphatic hydroxyl groups excluding tert-OH is 1. The Hall–Kier alpha value is -2.03. The second-order valence-corrected chi connectivity index (χ2v) is 12.9. The summed E-state index contributed by atoms with van der Waals surface area (Å²) in [5.41, 5.74) is 0. The van der Waals surface area contributed by atoms with Crippen LogP contribution >= 0.6 is 7.82 Å². The molecule has 2 atom stereocenters. The number of carbonyl (C=O) groups is 2. The number of ether oxygens (including phenoxy) is 2. The maximum atomic E-state index is 12.3.